The molecule has 2 atom stereocenters. The fourth-order valence-corrected chi connectivity index (χ4v) is 3.54. The third-order valence-corrected chi connectivity index (χ3v) is 4.73. The van der Waals surface area contributed by atoms with Gasteiger partial charge in [0.05, 0.1) is 17.1 Å². The maximum absolute atomic E-state index is 12.8. The first kappa shape index (κ1) is 12.6. The van der Waals surface area contributed by atoms with Crippen molar-refractivity contribution in [1.29, 1.82) is 0 Å². The van der Waals surface area contributed by atoms with Crippen molar-refractivity contribution in [3.8, 4) is 0 Å². The van der Waals surface area contributed by atoms with E-state index in [9.17, 15) is 4.79 Å². The molecule has 0 saturated heterocycles. The van der Waals surface area contributed by atoms with E-state index in [1.165, 1.54) is 19.3 Å². The fraction of sp³-hybridized carbons (Fsp3) is 0.438. The number of fused-ring (bicyclic) bond motifs is 3. The molecule has 1 saturated carbocycles. The second-order valence-corrected chi connectivity index (χ2v) is 6.02. The summed E-state index contributed by atoms with van der Waals surface area (Å²) in [5.74, 6) is 0.551. The monoisotopic (exact) mass is 282 g/mol. The Hall–Kier alpha value is -2.17. The van der Waals surface area contributed by atoms with E-state index in [-0.39, 0.29) is 5.56 Å². The highest BCUT2D eigenvalue weighted by atomic mass is 16.1. The Kier molecular flexibility index (Phi) is 2.80. The van der Waals surface area contributed by atoms with Gasteiger partial charge in [0.25, 0.3) is 5.56 Å². The van der Waals surface area contributed by atoms with Crippen LogP contribution in [0.5, 0.6) is 0 Å². The first-order chi connectivity index (χ1) is 10.3. The Labute approximate surface area is 122 Å². The minimum atomic E-state index is 0.0520. The molecule has 108 valence electrons. The molecule has 4 rings (SSSR count). The molecule has 1 fully saturated rings. The third kappa shape index (κ3) is 1.87. The van der Waals surface area contributed by atoms with Gasteiger partial charge >= 0.3 is 0 Å². The van der Waals surface area contributed by atoms with Crippen LogP contribution < -0.4 is 5.56 Å². The van der Waals surface area contributed by atoms with Crippen molar-refractivity contribution in [2.75, 3.05) is 0 Å². The van der Waals surface area contributed by atoms with Crippen molar-refractivity contribution in [2.45, 2.75) is 38.6 Å². The highest BCUT2D eigenvalue weighted by Crippen LogP contribution is 2.32. The van der Waals surface area contributed by atoms with E-state index in [1.54, 1.807) is 16.9 Å². The van der Waals surface area contributed by atoms with Crippen molar-refractivity contribution in [3.05, 3.63) is 41.1 Å². The van der Waals surface area contributed by atoms with Gasteiger partial charge in [0, 0.05) is 24.5 Å². The molecule has 1 aliphatic carbocycles. The highest BCUT2D eigenvalue weighted by Gasteiger charge is 2.24. The van der Waals surface area contributed by atoms with Gasteiger partial charge in [-0.25, -0.2) is 9.50 Å². The van der Waals surface area contributed by atoms with E-state index in [2.05, 4.69) is 17.0 Å². The largest absolute Gasteiger partial charge is 0.312 e. The smallest absolute Gasteiger partial charge is 0.261 e. The normalized spacial score (nSPS) is 22.9. The Morgan fingerprint density at radius 1 is 1.24 bits per heavy atom. The van der Waals surface area contributed by atoms with Crippen LogP contribution in [-0.4, -0.2) is 19.2 Å². The van der Waals surface area contributed by atoms with Crippen molar-refractivity contribution in [3.63, 3.8) is 0 Å². The van der Waals surface area contributed by atoms with Crippen molar-refractivity contribution in [2.24, 2.45) is 5.92 Å². The second-order valence-electron chi connectivity index (χ2n) is 6.02. The molecule has 3 heterocycles. The van der Waals surface area contributed by atoms with Crippen LogP contribution in [0.15, 0.2) is 35.5 Å². The van der Waals surface area contributed by atoms with Crippen LogP contribution in [0.4, 0.5) is 0 Å². The standard InChI is InChI=1S/C16H18N4O/c1-11-4-2-3-5-13(11)19-9-7-14-12(16(19)21)10-17-15-6-8-18-20(14)15/h6-11,13H,2-5H2,1H3/t11-,13-/m1/s1. The van der Waals surface area contributed by atoms with E-state index in [4.69, 9.17) is 0 Å². The number of pyridine rings is 1. The molecule has 21 heavy (non-hydrogen) atoms. The fourth-order valence-electron chi connectivity index (χ4n) is 3.54. The molecular formula is C16H18N4O. The molecule has 3 aromatic heterocycles. The average molecular weight is 282 g/mol. The van der Waals surface area contributed by atoms with Gasteiger partial charge in [0.15, 0.2) is 5.65 Å². The molecule has 0 amide bonds. The molecule has 0 bridgehead atoms. The summed E-state index contributed by atoms with van der Waals surface area (Å²) in [6.07, 6.45) is 10.1. The van der Waals surface area contributed by atoms with Crippen molar-refractivity contribution < 1.29 is 0 Å². The molecule has 5 heteroatoms. The molecule has 0 aromatic carbocycles. The summed E-state index contributed by atoms with van der Waals surface area (Å²) in [6.45, 7) is 2.25. The summed E-state index contributed by atoms with van der Waals surface area (Å²) in [7, 11) is 0. The number of aromatic nitrogens is 4. The Balaban J connectivity index is 1.93. The summed E-state index contributed by atoms with van der Waals surface area (Å²) in [5, 5.41) is 4.90. The van der Waals surface area contributed by atoms with Gasteiger partial charge in [0.1, 0.15) is 0 Å². The summed E-state index contributed by atoms with van der Waals surface area (Å²) in [5.41, 5.74) is 1.65. The van der Waals surface area contributed by atoms with E-state index in [0.29, 0.717) is 17.3 Å². The summed E-state index contributed by atoms with van der Waals surface area (Å²) in [4.78, 5) is 17.1. The molecular weight excluding hydrogens is 264 g/mol. The molecule has 0 spiro atoms. The van der Waals surface area contributed by atoms with Crippen LogP contribution >= 0.6 is 0 Å². The SMILES string of the molecule is C[C@@H]1CCCC[C@H]1n1ccc2c(cnc3ccnn32)c1=O. The second kappa shape index (κ2) is 4.69. The number of rotatable bonds is 1. The van der Waals surface area contributed by atoms with E-state index in [1.807, 2.05) is 22.9 Å². The summed E-state index contributed by atoms with van der Waals surface area (Å²) in [6, 6.07) is 4.14. The zero-order chi connectivity index (χ0) is 14.4. The lowest BCUT2D eigenvalue weighted by Crippen LogP contribution is -2.30. The van der Waals surface area contributed by atoms with E-state index in [0.717, 1.165) is 17.6 Å². The first-order valence-electron chi connectivity index (χ1n) is 7.59. The zero-order valence-corrected chi connectivity index (χ0v) is 12.1. The van der Waals surface area contributed by atoms with Crippen LogP contribution in [0.25, 0.3) is 16.6 Å². The Bertz CT molecular complexity index is 863. The topological polar surface area (TPSA) is 52.2 Å². The van der Waals surface area contributed by atoms with Crippen molar-refractivity contribution >= 4 is 16.6 Å². The van der Waals surface area contributed by atoms with Gasteiger partial charge in [-0.2, -0.15) is 5.10 Å². The van der Waals surface area contributed by atoms with Gasteiger partial charge in [-0.3, -0.25) is 4.79 Å². The van der Waals surface area contributed by atoms with Gasteiger partial charge in [-0.15, -0.1) is 0 Å². The minimum absolute atomic E-state index is 0.0520. The lowest BCUT2D eigenvalue weighted by Gasteiger charge is -2.30. The molecule has 1 aliphatic rings. The van der Waals surface area contributed by atoms with Gasteiger partial charge in [0.2, 0.25) is 0 Å². The van der Waals surface area contributed by atoms with Crippen LogP contribution in [0, 0.1) is 5.92 Å². The quantitative estimate of drug-likeness (QED) is 0.689. The predicted octanol–water partition coefficient (Wildman–Crippen LogP) is 2.80. The Morgan fingerprint density at radius 3 is 2.95 bits per heavy atom. The van der Waals surface area contributed by atoms with Gasteiger partial charge in [-0.1, -0.05) is 19.8 Å². The summed E-state index contributed by atoms with van der Waals surface area (Å²) >= 11 is 0. The minimum Gasteiger partial charge on any atom is -0.312 e. The van der Waals surface area contributed by atoms with Crippen LogP contribution in [0.3, 0.4) is 0 Å². The van der Waals surface area contributed by atoms with Crippen molar-refractivity contribution in [1.82, 2.24) is 19.2 Å². The predicted molar refractivity (Wildman–Crippen MR) is 81.4 cm³/mol. The third-order valence-electron chi connectivity index (χ3n) is 4.73. The maximum atomic E-state index is 12.8. The number of hydrogen-bond acceptors (Lipinski definition) is 3. The van der Waals surface area contributed by atoms with E-state index >= 15 is 0 Å². The van der Waals surface area contributed by atoms with Crippen LogP contribution in [0.1, 0.15) is 38.6 Å². The maximum Gasteiger partial charge on any atom is 0.261 e. The lowest BCUT2D eigenvalue weighted by atomic mass is 9.85. The number of hydrogen-bond donors (Lipinski definition) is 0. The zero-order valence-electron chi connectivity index (χ0n) is 12.1. The van der Waals surface area contributed by atoms with E-state index < -0.39 is 0 Å². The number of nitrogens with zero attached hydrogens (tertiary/aromatic N) is 4. The average Bonchev–Trinajstić information content (AvgIpc) is 2.97. The highest BCUT2D eigenvalue weighted by molar-refractivity contribution is 5.79. The molecule has 5 nitrogen and oxygen atoms in total. The first-order valence-corrected chi connectivity index (χ1v) is 7.59. The van der Waals surface area contributed by atoms with Crippen LogP contribution in [-0.2, 0) is 0 Å². The lowest BCUT2D eigenvalue weighted by molar-refractivity contribution is 0.253. The molecule has 0 N–H and O–H groups in total. The molecule has 0 radical (unpaired) electrons. The Morgan fingerprint density at radius 2 is 2.10 bits per heavy atom. The molecule has 0 unspecified atom stereocenters. The van der Waals surface area contributed by atoms with Gasteiger partial charge < -0.3 is 4.57 Å². The summed E-state index contributed by atoms with van der Waals surface area (Å²) < 4.78 is 3.63. The van der Waals surface area contributed by atoms with Gasteiger partial charge in [-0.05, 0) is 24.8 Å². The molecule has 3 aromatic rings. The molecule has 0 aliphatic heterocycles. The van der Waals surface area contributed by atoms with Crippen LogP contribution in [0.2, 0.25) is 0 Å².